The minimum absolute atomic E-state index is 0.384. The van der Waals surface area contributed by atoms with Crippen molar-refractivity contribution in [1.82, 2.24) is 0 Å². The van der Waals surface area contributed by atoms with Gasteiger partial charge in [-0.15, -0.1) is 22.7 Å². The Morgan fingerprint density at radius 2 is 1.23 bits per heavy atom. The van der Waals surface area contributed by atoms with Crippen LogP contribution in [0.1, 0.15) is 94.7 Å². The van der Waals surface area contributed by atoms with E-state index in [0.717, 1.165) is 68.7 Å². The second-order valence-electron chi connectivity index (χ2n) is 12.1. The van der Waals surface area contributed by atoms with Crippen LogP contribution in [0.4, 0.5) is 0 Å². The highest BCUT2D eigenvalue weighted by atomic mass is 32.1. The lowest BCUT2D eigenvalue weighted by Gasteiger charge is -2.12. The first-order valence-corrected chi connectivity index (χ1v) is 18.9. The van der Waals surface area contributed by atoms with E-state index in [0.29, 0.717) is 23.0 Å². The standard InChI is InChI=1S/C40H46O6S2/c1-4-6-8-10-11-13-25-44-31-18-14-29(15-19-31)30-16-20-32(21-17-30)45-40(42)37-27-36-38(48-37)34-23-22-33(26-35(34)47-36)46-39(41)28(3)43-24-12-9-7-5-2/h14-23,26-28H,4-13,24-25H2,1-3H3/t28-/m0/s1. The molecule has 0 saturated carbocycles. The molecule has 6 nitrogen and oxygen atoms in total. The second-order valence-corrected chi connectivity index (χ2v) is 14.2. The molecule has 0 aliphatic rings. The zero-order chi connectivity index (χ0) is 33.7. The van der Waals surface area contributed by atoms with Crippen LogP contribution in [0.2, 0.25) is 0 Å². The molecule has 0 amide bonds. The predicted molar refractivity (Wildman–Crippen MR) is 198 cm³/mol. The molecule has 48 heavy (non-hydrogen) atoms. The Hall–Kier alpha value is -3.72. The normalized spacial score (nSPS) is 12.0. The SMILES string of the molecule is CCCCCCCCOc1ccc(-c2ccc(OC(=O)c3cc4sc5cc(OC(=O)[C@H](C)OCCCCCC)ccc5c4s3)cc2)cc1. The summed E-state index contributed by atoms with van der Waals surface area (Å²) >= 11 is 2.97. The Kier molecular flexibility index (Phi) is 13.5. The van der Waals surface area contributed by atoms with Gasteiger partial charge in [0.2, 0.25) is 0 Å². The molecule has 8 heteroatoms. The third kappa shape index (κ3) is 9.91. The Morgan fingerprint density at radius 3 is 1.94 bits per heavy atom. The Bertz CT molecular complexity index is 1750. The van der Waals surface area contributed by atoms with Gasteiger partial charge in [-0.3, -0.25) is 0 Å². The lowest BCUT2D eigenvalue weighted by atomic mass is 10.1. The topological polar surface area (TPSA) is 71.1 Å². The summed E-state index contributed by atoms with van der Waals surface area (Å²) in [5.41, 5.74) is 2.11. The van der Waals surface area contributed by atoms with Crippen LogP contribution in [0, 0.1) is 0 Å². The van der Waals surface area contributed by atoms with Crippen LogP contribution in [-0.4, -0.2) is 31.3 Å². The summed E-state index contributed by atoms with van der Waals surface area (Å²) < 4.78 is 25.9. The number of esters is 2. The van der Waals surface area contributed by atoms with E-state index in [1.54, 1.807) is 24.3 Å². The molecule has 0 fully saturated rings. The van der Waals surface area contributed by atoms with Crippen molar-refractivity contribution >= 4 is 54.1 Å². The fourth-order valence-electron chi connectivity index (χ4n) is 5.44. The van der Waals surface area contributed by atoms with Crippen LogP contribution >= 0.6 is 22.7 Å². The first kappa shape index (κ1) is 35.6. The van der Waals surface area contributed by atoms with Crippen LogP contribution in [0.25, 0.3) is 30.6 Å². The van der Waals surface area contributed by atoms with Gasteiger partial charge in [0.25, 0.3) is 0 Å². The summed E-state index contributed by atoms with van der Waals surface area (Å²) in [7, 11) is 0. The Balaban J connectivity index is 1.12. The number of ether oxygens (including phenoxy) is 4. The van der Waals surface area contributed by atoms with Crippen molar-refractivity contribution in [1.29, 1.82) is 0 Å². The number of carbonyl (C=O) groups excluding carboxylic acids is 2. The molecule has 0 N–H and O–H groups in total. The van der Waals surface area contributed by atoms with Gasteiger partial charge in [-0.25, -0.2) is 9.59 Å². The molecule has 2 aromatic heterocycles. The van der Waals surface area contributed by atoms with Crippen molar-refractivity contribution < 1.29 is 28.5 Å². The maximum Gasteiger partial charge on any atom is 0.353 e. The van der Waals surface area contributed by atoms with Gasteiger partial charge in [0.05, 0.1) is 11.3 Å². The van der Waals surface area contributed by atoms with E-state index in [-0.39, 0.29) is 5.97 Å². The molecule has 0 saturated heterocycles. The van der Waals surface area contributed by atoms with Crippen LogP contribution in [0.15, 0.2) is 72.8 Å². The zero-order valence-corrected chi connectivity index (χ0v) is 29.9. The van der Waals surface area contributed by atoms with Crippen molar-refractivity contribution in [3.63, 3.8) is 0 Å². The number of fused-ring (bicyclic) bond motifs is 3. The third-order valence-corrected chi connectivity index (χ3v) is 10.6. The number of unbranched alkanes of at least 4 members (excludes halogenated alkanes) is 8. The summed E-state index contributed by atoms with van der Waals surface area (Å²) in [5, 5.41) is 1.02. The Morgan fingerprint density at radius 1 is 0.625 bits per heavy atom. The minimum atomic E-state index is -0.620. The van der Waals surface area contributed by atoms with Gasteiger partial charge in [-0.1, -0.05) is 89.5 Å². The predicted octanol–water partition coefficient (Wildman–Crippen LogP) is 11.6. The van der Waals surface area contributed by atoms with Gasteiger partial charge < -0.3 is 18.9 Å². The molecule has 3 aromatic carbocycles. The average molecular weight is 687 g/mol. The quantitative estimate of drug-likeness (QED) is 0.0489. The summed E-state index contributed by atoms with van der Waals surface area (Å²) in [5.74, 6) is 1.08. The highest BCUT2D eigenvalue weighted by Gasteiger charge is 2.19. The lowest BCUT2D eigenvalue weighted by molar-refractivity contribution is -0.146. The van der Waals surface area contributed by atoms with Crippen LogP contribution in [0.3, 0.4) is 0 Å². The molecule has 0 aliphatic heterocycles. The molecule has 0 spiro atoms. The lowest BCUT2D eigenvalue weighted by Crippen LogP contribution is -2.26. The van der Waals surface area contributed by atoms with Gasteiger partial charge in [0.15, 0.2) is 6.10 Å². The monoisotopic (exact) mass is 686 g/mol. The average Bonchev–Trinajstić information content (AvgIpc) is 3.66. The maximum absolute atomic E-state index is 13.1. The minimum Gasteiger partial charge on any atom is -0.494 e. The van der Waals surface area contributed by atoms with Gasteiger partial charge >= 0.3 is 11.9 Å². The van der Waals surface area contributed by atoms with E-state index < -0.39 is 12.1 Å². The number of rotatable bonds is 19. The number of carbonyl (C=O) groups is 2. The van der Waals surface area contributed by atoms with Crippen molar-refractivity contribution in [2.24, 2.45) is 0 Å². The molecule has 1 atom stereocenters. The first-order chi connectivity index (χ1) is 23.4. The van der Waals surface area contributed by atoms with E-state index in [9.17, 15) is 9.59 Å². The Labute approximate surface area is 292 Å². The van der Waals surface area contributed by atoms with Gasteiger partial charge in [-0.2, -0.15) is 0 Å². The summed E-state index contributed by atoms with van der Waals surface area (Å²) in [6, 6.07) is 23.2. The molecular formula is C40H46O6S2. The van der Waals surface area contributed by atoms with Crippen molar-refractivity contribution in [3.05, 3.63) is 77.7 Å². The molecule has 0 bridgehead atoms. The molecule has 0 unspecified atom stereocenters. The van der Waals surface area contributed by atoms with Crippen molar-refractivity contribution in [2.75, 3.05) is 13.2 Å². The number of benzene rings is 3. The second kappa shape index (κ2) is 18.2. The van der Waals surface area contributed by atoms with Crippen molar-refractivity contribution in [3.8, 4) is 28.4 Å². The summed E-state index contributed by atoms with van der Waals surface area (Å²) in [4.78, 5) is 26.1. The maximum atomic E-state index is 13.1. The molecule has 254 valence electrons. The van der Waals surface area contributed by atoms with E-state index in [2.05, 4.69) is 26.0 Å². The van der Waals surface area contributed by atoms with E-state index in [1.807, 2.05) is 54.6 Å². The fourth-order valence-corrected chi connectivity index (χ4v) is 7.87. The van der Waals surface area contributed by atoms with E-state index in [4.69, 9.17) is 18.9 Å². The molecule has 0 radical (unpaired) electrons. The smallest absolute Gasteiger partial charge is 0.353 e. The molecule has 2 heterocycles. The van der Waals surface area contributed by atoms with Gasteiger partial charge in [-0.05, 0) is 79.4 Å². The molecular weight excluding hydrogens is 641 g/mol. The number of hydrogen-bond donors (Lipinski definition) is 0. The fraction of sp³-hybridized carbons (Fsp3) is 0.400. The molecule has 5 rings (SSSR count). The number of hydrogen-bond acceptors (Lipinski definition) is 8. The molecule has 5 aromatic rings. The van der Waals surface area contributed by atoms with E-state index >= 15 is 0 Å². The van der Waals surface area contributed by atoms with Gasteiger partial charge in [0.1, 0.15) is 22.1 Å². The van der Waals surface area contributed by atoms with Gasteiger partial charge in [0, 0.05) is 21.4 Å². The highest BCUT2D eigenvalue weighted by Crippen LogP contribution is 2.41. The summed E-state index contributed by atoms with van der Waals surface area (Å²) in [6.07, 6.45) is 11.2. The van der Waals surface area contributed by atoms with Crippen molar-refractivity contribution in [2.45, 2.75) is 91.1 Å². The first-order valence-electron chi connectivity index (χ1n) is 17.3. The molecule has 0 aliphatic carbocycles. The highest BCUT2D eigenvalue weighted by molar-refractivity contribution is 7.33. The summed E-state index contributed by atoms with van der Waals surface area (Å²) in [6.45, 7) is 7.42. The zero-order valence-electron chi connectivity index (χ0n) is 28.3. The van der Waals surface area contributed by atoms with E-state index in [1.165, 1.54) is 49.9 Å². The largest absolute Gasteiger partial charge is 0.494 e. The third-order valence-electron chi connectivity index (χ3n) is 8.25. The number of thiophene rings is 2. The van der Waals surface area contributed by atoms with Crippen LogP contribution in [-0.2, 0) is 9.53 Å². The van der Waals surface area contributed by atoms with Crippen LogP contribution < -0.4 is 14.2 Å². The van der Waals surface area contributed by atoms with Crippen LogP contribution in [0.5, 0.6) is 17.2 Å².